The Labute approximate surface area is 195 Å². The molecule has 3 aliphatic rings. The van der Waals surface area contributed by atoms with Crippen LogP contribution in [-0.2, 0) is 6.42 Å². The third kappa shape index (κ3) is 3.89. The summed E-state index contributed by atoms with van der Waals surface area (Å²) in [5, 5.41) is 12.8. The highest BCUT2D eigenvalue weighted by atomic mass is 16.4. The number of benzene rings is 1. The molecule has 5 nitrogen and oxygen atoms in total. The van der Waals surface area contributed by atoms with Crippen LogP contribution < -0.4 is 0 Å². The molecule has 0 atom stereocenters. The van der Waals surface area contributed by atoms with Crippen molar-refractivity contribution in [2.24, 2.45) is 5.16 Å². The minimum atomic E-state index is 0.472. The van der Waals surface area contributed by atoms with Crippen LogP contribution in [0.25, 0.3) is 22.5 Å². The highest BCUT2D eigenvalue weighted by molar-refractivity contribution is 6.04. The fourth-order valence-electron chi connectivity index (χ4n) is 6.10. The molecule has 6 rings (SSSR count). The monoisotopic (exact) mass is 441 g/mol. The number of furan rings is 1. The molecule has 3 aromatic rings. The number of fused-ring (bicyclic) bond motifs is 1. The van der Waals surface area contributed by atoms with E-state index in [4.69, 9.17) is 4.42 Å². The predicted octanol–water partition coefficient (Wildman–Crippen LogP) is 6.26. The minimum Gasteiger partial charge on any atom is -0.460 e. The van der Waals surface area contributed by atoms with Crippen molar-refractivity contribution >= 4 is 5.71 Å². The molecular weight excluding hydrogens is 410 g/mol. The van der Waals surface area contributed by atoms with Gasteiger partial charge in [-0.25, -0.2) is 0 Å². The summed E-state index contributed by atoms with van der Waals surface area (Å²) in [5.41, 5.74) is 6.47. The van der Waals surface area contributed by atoms with E-state index in [2.05, 4.69) is 39.3 Å². The van der Waals surface area contributed by atoms with E-state index in [1.165, 1.54) is 57.2 Å². The molecule has 2 aliphatic carbocycles. The fraction of sp³-hybridized carbons (Fsp3) is 0.429. The molecule has 170 valence electrons. The van der Waals surface area contributed by atoms with E-state index in [1.807, 2.05) is 24.5 Å². The zero-order valence-electron chi connectivity index (χ0n) is 19.0. The fourth-order valence-corrected chi connectivity index (χ4v) is 6.10. The van der Waals surface area contributed by atoms with Gasteiger partial charge in [0.25, 0.3) is 0 Å². The van der Waals surface area contributed by atoms with Gasteiger partial charge in [0.15, 0.2) is 0 Å². The molecule has 1 saturated carbocycles. The van der Waals surface area contributed by atoms with Gasteiger partial charge in [-0.05, 0) is 80.9 Å². The SMILES string of the molecule is ON=C1CCc2cc(-c3cc(C4CCN(C5CCCC5)CC4)oc3-c3ccncc3)ccc21. The topological polar surface area (TPSA) is 61.9 Å². The van der Waals surface area contributed by atoms with Gasteiger partial charge in [-0.1, -0.05) is 36.2 Å². The number of rotatable bonds is 4. The zero-order valence-corrected chi connectivity index (χ0v) is 19.0. The lowest BCUT2D eigenvalue weighted by molar-refractivity contribution is 0.148. The Balaban J connectivity index is 1.32. The standard InChI is InChI=1S/C28H31N3O2/c32-30-26-8-6-21-17-22(5-7-24(21)26)25-18-27(33-28(25)20-9-13-29-14-10-20)19-11-15-31(16-12-19)23-3-1-2-4-23/h5,7,9-10,13-14,17-19,23,32H,1-4,6,8,11-12,15-16H2. The maximum atomic E-state index is 9.29. The van der Waals surface area contributed by atoms with Crippen LogP contribution in [0.2, 0.25) is 0 Å². The van der Waals surface area contributed by atoms with E-state index < -0.39 is 0 Å². The molecule has 0 bridgehead atoms. The summed E-state index contributed by atoms with van der Waals surface area (Å²) in [6.45, 7) is 2.36. The van der Waals surface area contributed by atoms with Gasteiger partial charge >= 0.3 is 0 Å². The summed E-state index contributed by atoms with van der Waals surface area (Å²) in [4.78, 5) is 6.92. The van der Waals surface area contributed by atoms with E-state index in [9.17, 15) is 5.21 Å². The quantitative estimate of drug-likeness (QED) is 0.384. The molecule has 0 radical (unpaired) electrons. The molecule has 2 fully saturated rings. The van der Waals surface area contributed by atoms with Gasteiger partial charge in [0, 0.05) is 41.0 Å². The lowest BCUT2D eigenvalue weighted by atomic mass is 9.92. The molecule has 33 heavy (non-hydrogen) atoms. The smallest absolute Gasteiger partial charge is 0.142 e. The summed E-state index contributed by atoms with van der Waals surface area (Å²) in [5.74, 6) is 2.51. The average molecular weight is 442 g/mol. The highest BCUT2D eigenvalue weighted by Gasteiger charge is 2.30. The molecule has 1 aliphatic heterocycles. The van der Waals surface area contributed by atoms with Crippen molar-refractivity contribution in [2.45, 2.75) is 63.3 Å². The molecule has 1 saturated heterocycles. The third-order valence-electron chi connectivity index (χ3n) is 7.95. The van der Waals surface area contributed by atoms with Gasteiger partial charge in [0.05, 0.1) is 5.71 Å². The Hall–Kier alpha value is -2.92. The number of likely N-dealkylation sites (tertiary alicyclic amines) is 1. The van der Waals surface area contributed by atoms with E-state index in [0.717, 1.165) is 58.4 Å². The number of hydrogen-bond donors (Lipinski definition) is 1. The summed E-state index contributed by atoms with van der Waals surface area (Å²) >= 11 is 0. The minimum absolute atomic E-state index is 0.472. The highest BCUT2D eigenvalue weighted by Crippen LogP contribution is 2.41. The molecule has 1 N–H and O–H groups in total. The van der Waals surface area contributed by atoms with Crippen LogP contribution in [0, 0.1) is 0 Å². The first-order valence-electron chi connectivity index (χ1n) is 12.4. The van der Waals surface area contributed by atoms with Crippen LogP contribution in [-0.4, -0.2) is 39.9 Å². The molecule has 2 aromatic heterocycles. The first-order chi connectivity index (χ1) is 16.3. The average Bonchev–Trinajstić information content (AvgIpc) is 3.64. The van der Waals surface area contributed by atoms with E-state index in [-0.39, 0.29) is 0 Å². The number of aromatic nitrogens is 1. The second kappa shape index (κ2) is 8.79. The van der Waals surface area contributed by atoms with Gasteiger partial charge in [-0.3, -0.25) is 4.98 Å². The Kier molecular flexibility index (Phi) is 5.50. The van der Waals surface area contributed by atoms with Crippen LogP contribution >= 0.6 is 0 Å². The summed E-state index contributed by atoms with van der Waals surface area (Å²) < 4.78 is 6.61. The Morgan fingerprint density at radius 2 is 1.67 bits per heavy atom. The van der Waals surface area contributed by atoms with Crippen molar-refractivity contribution in [3.8, 4) is 22.5 Å². The maximum Gasteiger partial charge on any atom is 0.142 e. The van der Waals surface area contributed by atoms with Crippen molar-refractivity contribution in [1.29, 1.82) is 0 Å². The molecule has 3 heterocycles. The molecule has 0 spiro atoms. The van der Waals surface area contributed by atoms with Gasteiger partial charge in [-0.2, -0.15) is 0 Å². The predicted molar refractivity (Wildman–Crippen MR) is 130 cm³/mol. The van der Waals surface area contributed by atoms with Gasteiger partial charge < -0.3 is 14.5 Å². The number of pyridine rings is 1. The molecule has 1 aromatic carbocycles. The van der Waals surface area contributed by atoms with Crippen molar-refractivity contribution in [1.82, 2.24) is 9.88 Å². The lowest BCUT2D eigenvalue weighted by Gasteiger charge is -2.35. The van der Waals surface area contributed by atoms with E-state index in [0.29, 0.717) is 5.92 Å². The Morgan fingerprint density at radius 1 is 0.879 bits per heavy atom. The van der Waals surface area contributed by atoms with Crippen molar-refractivity contribution in [2.75, 3.05) is 13.1 Å². The molecule has 0 unspecified atom stereocenters. The van der Waals surface area contributed by atoms with Crippen LogP contribution in [0.5, 0.6) is 0 Å². The van der Waals surface area contributed by atoms with E-state index >= 15 is 0 Å². The van der Waals surface area contributed by atoms with Gasteiger partial charge in [0.2, 0.25) is 0 Å². The van der Waals surface area contributed by atoms with Crippen molar-refractivity contribution in [3.63, 3.8) is 0 Å². The summed E-state index contributed by atoms with van der Waals surface area (Å²) in [6.07, 6.45) is 13.2. The maximum absolute atomic E-state index is 9.29. The van der Waals surface area contributed by atoms with Crippen LogP contribution in [0.3, 0.4) is 0 Å². The van der Waals surface area contributed by atoms with E-state index in [1.54, 1.807) is 0 Å². The molecular formula is C28H31N3O2. The summed E-state index contributed by atoms with van der Waals surface area (Å²) in [6, 6.07) is 13.6. The first-order valence-corrected chi connectivity index (χ1v) is 12.4. The number of oxime groups is 1. The van der Waals surface area contributed by atoms with Crippen LogP contribution in [0.15, 0.2) is 58.4 Å². The second-order valence-corrected chi connectivity index (χ2v) is 9.79. The van der Waals surface area contributed by atoms with Crippen molar-refractivity contribution < 1.29 is 9.62 Å². The van der Waals surface area contributed by atoms with Gasteiger partial charge in [-0.15, -0.1) is 0 Å². The van der Waals surface area contributed by atoms with Crippen LogP contribution in [0.1, 0.15) is 67.8 Å². The normalized spacial score (nSPS) is 21.2. The Bertz CT molecular complexity index is 1150. The van der Waals surface area contributed by atoms with Gasteiger partial charge in [0.1, 0.15) is 11.5 Å². The number of hydrogen-bond acceptors (Lipinski definition) is 5. The lowest BCUT2D eigenvalue weighted by Crippen LogP contribution is -2.39. The van der Waals surface area contributed by atoms with Crippen LogP contribution in [0.4, 0.5) is 0 Å². The second-order valence-electron chi connectivity index (χ2n) is 9.79. The summed E-state index contributed by atoms with van der Waals surface area (Å²) in [7, 11) is 0. The third-order valence-corrected chi connectivity index (χ3v) is 7.95. The van der Waals surface area contributed by atoms with Crippen molar-refractivity contribution in [3.05, 3.63) is 65.7 Å². The number of piperidine rings is 1. The largest absolute Gasteiger partial charge is 0.460 e. The number of aryl methyl sites for hydroxylation is 1. The molecule has 0 amide bonds. The Morgan fingerprint density at radius 3 is 2.42 bits per heavy atom. The molecule has 5 heteroatoms. The first kappa shape index (κ1) is 20.7. The zero-order chi connectivity index (χ0) is 22.2. The number of nitrogens with zero attached hydrogens (tertiary/aromatic N) is 3.